The largest absolute Gasteiger partial charge is 0.348 e. The molecular weight excluding hydrogens is 356 g/mol. The summed E-state index contributed by atoms with van der Waals surface area (Å²) in [6, 6.07) is 28.9. The molecule has 3 nitrogen and oxygen atoms in total. The van der Waals surface area contributed by atoms with Crippen molar-refractivity contribution in [3.63, 3.8) is 0 Å². The molecule has 1 N–H and O–H groups in total. The lowest BCUT2D eigenvalue weighted by Gasteiger charge is -2.32. The van der Waals surface area contributed by atoms with Gasteiger partial charge in [-0.25, -0.2) is 0 Å². The number of rotatable bonds is 6. The number of benzene rings is 3. The van der Waals surface area contributed by atoms with Gasteiger partial charge in [0.2, 0.25) is 0 Å². The number of nitrogens with zero attached hydrogens (tertiary/aromatic N) is 1. The third-order valence-corrected chi connectivity index (χ3v) is 5.78. The smallest absolute Gasteiger partial charge is 0.251 e. The molecule has 0 aromatic heterocycles. The Bertz CT molecular complexity index is 898. The van der Waals surface area contributed by atoms with Crippen LogP contribution in [0.4, 0.5) is 0 Å². The van der Waals surface area contributed by atoms with Crippen LogP contribution in [0.15, 0.2) is 84.9 Å². The number of hydrogen-bond acceptors (Lipinski definition) is 2. The van der Waals surface area contributed by atoms with E-state index in [-0.39, 0.29) is 5.91 Å². The van der Waals surface area contributed by atoms with Gasteiger partial charge in [-0.05, 0) is 60.7 Å². The summed E-state index contributed by atoms with van der Waals surface area (Å²) in [6.45, 7) is 3.90. The summed E-state index contributed by atoms with van der Waals surface area (Å²) >= 11 is 0. The summed E-state index contributed by atoms with van der Waals surface area (Å²) < 4.78 is 0. The molecule has 1 amide bonds. The molecular formula is C26H28N2O. The van der Waals surface area contributed by atoms with Crippen LogP contribution in [0.25, 0.3) is 0 Å². The van der Waals surface area contributed by atoms with Gasteiger partial charge >= 0.3 is 0 Å². The van der Waals surface area contributed by atoms with E-state index >= 15 is 0 Å². The molecule has 1 heterocycles. The van der Waals surface area contributed by atoms with Crippen LogP contribution in [0.5, 0.6) is 0 Å². The van der Waals surface area contributed by atoms with E-state index in [1.165, 1.54) is 24.0 Å². The molecule has 0 saturated carbocycles. The Kier molecular flexibility index (Phi) is 6.38. The van der Waals surface area contributed by atoms with E-state index in [0.717, 1.165) is 25.2 Å². The van der Waals surface area contributed by atoms with E-state index < -0.39 is 0 Å². The predicted octanol–water partition coefficient (Wildman–Crippen LogP) is 5.00. The lowest BCUT2D eigenvalue weighted by molar-refractivity contribution is 0.0951. The standard InChI is InChI=1S/C26H28N2O/c29-26(25-9-5-2-6-10-25)27-19-21-11-13-23(14-12-21)24-15-17-28(18-16-24)20-22-7-3-1-4-8-22/h1-14,24H,15-20H2,(H,27,29). The van der Waals surface area contributed by atoms with Gasteiger partial charge in [0.1, 0.15) is 0 Å². The zero-order valence-corrected chi connectivity index (χ0v) is 16.8. The van der Waals surface area contributed by atoms with Crippen LogP contribution in [0.1, 0.15) is 45.8 Å². The lowest BCUT2D eigenvalue weighted by Crippen LogP contribution is -2.32. The predicted molar refractivity (Wildman–Crippen MR) is 118 cm³/mol. The van der Waals surface area contributed by atoms with Gasteiger partial charge in [-0.2, -0.15) is 0 Å². The van der Waals surface area contributed by atoms with Crippen molar-refractivity contribution in [2.75, 3.05) is 13.1 Å². The van der Waals surface area contributed by atoms with Gasteiger partial charge in [0, 0.05) is 18.7 Å². The number of carbonyl (C=O) groups is 1. The van der Waals surface area contributed by atoms with Crippen molar-refractivity contribution in [3.05, 3.63) is 107 Å². The molecule has 4 rings (SSSR count). The van der Waals surface area contributed by atoms with Gasteiger partial charge in [-0.15, -0.1) is 0 Å². The zero-order chi connectivity index (χ0) is 19.9. The molecule has 148 valence electrons. The highest BCUT2D eigenvalue weighted by molar-refractivity contribution is 5.94. The maximum absolute atomic E-state index is 12.2. The van der Waals surface area contributed by atoms with Crippen molar-refractivity contribution in [2.45, 2.75) is 31.8 Å². The van der Waals surface area contributed by atoms with Crippen LogP contribution < -0.4 is 5.32 Å². The zero-order valence-electron chi connectivity index (χ0n) is 16.8. The maximum atomic E-state index is 12.2. The molecule has 1 aliphatic rings. The minimum absolute atomic E-state index is 0.0273. The molecule has 0 unspecified atom stereocenters. The molecule has 3 aromatic carbocycles. The van der Waals surface area contributed by atoms with Crippen molar-refractivity contribution < 1.29 is 4.79 Å². The molecule has 1 saturated heterocycles. The van der Waals surface area contributed by atoms with E-state index in [2.05, 4.69) is 64.8 Å². The Hall–Kier alpha value is -2.91. The average Bonchev–Trinajstić information content (AvgIpc) is 2.80. The van der Waals surface area contributed by atoms with E-state index in [9.17, 15) is 4.79 Å². The van der Waals surface area contributed by atoms with Crippen LogP contribution in [0.3, 0.4) is 0 Å². The second kappa shape index (κ2) is 9.53. The molecule has 0 radical (unpaired) electrons. The number of hydrogen-bond donors (Lipinski definition) is 1. The highest BCUT2D eigenvalue weighted by atomic mass is 16.1. The van der Waals surface area contributed by atoms with Crippen molar-refractivity contribution in [3.8, 4) is 0 Å². The summed E-state index contributed by atoms with van der Waals surface area (Å²) in [4.78, 5) is 14.7. The number of likely N-dealkylation sites (tertiary alicyclic amines) is 1. The van der Waals surface area contributed by atoms with E-state index in [1.807, 2.05) is 30.3 Å². The van der Waals surface area contributed by atoms with Crippen LogP contribution in [0.2, 0.25) is 0 Å². The minimum atomic E-state index is -0.0273. The molecule has 3 heteroatoms. The van der Waals surface area contributed by atoms with Gasteiger partial charge in [-0.1, -0.05) is 72.8 Å². The molecule has 3 aromatic rings. The second-order valence-electron chi connectivity index (χ2n) is 7.83. The SMILES string of the molecule is O=C(NCc1ccc(C2CCN(Cc3ccccc3)CC2)cc1)c1ccccc1. The highest BCUT2D eigenvalue weighted by Gasteiger charge is 2.20. The van der Waals surface area contributed by atoms with Crippen LogP contribution in [0, 0.1) is 0 Å². The third-order valence-electron chi connectivity index (χ3n) is 5.78. The fourth-order valence-electron chi connectivity index (χ4n) is 4.05. The number of amides is 1. The van der Waals surface area contributed by atoms with Crippen molar-refractivity contribution in [1.29, 1.82) is 0 Å². The first-order valence-corrected chi connectivity index (χ1v) is 10.5. The summed E-state index contributed by atoms with van der Waals surface area (Å²) in [5.41, 5.74) is 4.65. The van der Waals surface area contributed by atoms with E-state index in [0.29, 0.717) is 18.0 Å². The van der Waals surface area contributed by atoms with Crippen molar-refractivity contribution in [1.82, 2.24) is 10.2 Å². The Morgan fingerprint density at radius 3 is 2.07 bits per heavy atom. The first kappa shape index (κ1) is 19.4. The Morgan fingerprint density at radius 2 is 1.41 bits per heavy atom. The Labute approximate surface area is 173 Å². The van der Waals surface area contributed by atoms with Crippen LogP contribution in [-0.4, -0.2) is 23.9 Å². The fraction of sp³-hybridized carbons (Fsp3) is 0.269. The topological polar surface area (TPSA) is 32.3 Å². The average molecular weight is 385 g/mol. The van der Waals surface area contributed by atoms with Crippen LogP contribution >= 0.6 is 0 Å². The van der Waals surface area contributed by atoms with Gasteiger partial charge in [0.25, 0.3) is 5.91 Å². The Balaban J connectivity index is 1.26. The first-order valence-electron chi connectivity index (χ1n) is 10.5. The van der Waals surface area contributed by atoms with E-state index in [4.69, 9.17) is 0 Å². The molecule has 0 aliphatic carbocycles. The van der Waals surface area contributed by atoms with Crippen molar-refractivity contribution >= 4 is 5.91 Å². The van der Waals surface area contributed by atoms with Crippen molar-refractivity contribution in [2.24, 2.45) is 0 Å². The van der Waals surface area contributed by atoms with Gasteiger partial charge in [0.15, 0.2) is 0 Å². The number of piperidine rings is 1. The van der Waals surface area contributed by atoms with Gasteiger partial charge < -0.3 is 5.32 Å². The summed E-state index contributed by atoms with van der Waals surface area (Å²) in [7, 11) is 0. The van der Waals surface area contributed by atoms with Crippen LogP contribution in [-0.2, 0) is 13.1 Å². The molecule has 0 spiro atoms. The summed E-state index contributed by atoms with van der Waals surface area (Å²) in [6.07, 6.45) is 2.41. The second-order valence-corrected chi connectivity index (χ2v) is 7.83. The molecule has 1 fully saturated rings. The van der Waals surface area contributed by atoms with Gasteiger partial charge in [-0.3, -0.25) is 9.69 Å². The maximum Gasteiger partial charge on any atom is 0.251 e. The number of nitrogens with one attached hydrogen (secondary N) is 1. The molecule has 0 atom stereocenters. The van der Waals surface area contributed by atoms with Gasteiger partial charge in [0.05, 0.1) is 0 Å². The summed E-state index contributed by atoms with van der Waals surface area (Å²) in [5, 5.41) is 3.00. The third kappa shape index (κ3) is 5.33. The Morgan fingerprint density at radius 1 is 0.793 bits per heavy atom. The molecule has 29 heavy (non-hydrogen) atoms. The molecule has 0 bridgehead atoms. The van der Waals surface area contributed by atoms with E-state index in [1.54, 1.807) is 0 Å². The first-order chi connectivity index (χ1) is 14.3. The highest BCUT2D eigenvalue weighted by Crippen LogP contribution is 2.28. The minimum Gasteiger partial charge on any atom is -0.348 e. The summed E-state index contributed by atoms with van der Waals surface area (Å²) in [5.74, 6) is 0.607. The quantitative estimate of drug-likeness (QED) is 0.649. The molecule has 1 aliphatic heterocycles. The number of carbonyl (C=O) groups excluding carboxylic acids is 1. The lowest BCUT2D eigenvalue weighted by atomic mass is 9.89. The fourth-order valence-corrected chi connectivity index (χ4v) is 4.05. The monoisotopic (exact) mass is 384 g/mol. The normalized spacial score (nSPS) is 15.2.